The predicted octanol–water partition coefficient (Wildman–Crippen LogP) is 4.74. The molecular weight excluding hydrogens is 407 g/mol. The van der Waals surface area contributed by atoms with Gasteiger partial charge in [-0.1, -0.05) is 53.0 Å². The molecule has 2 rings (SSSR count). The summed E-state index contributed by atoms with van der Waals surface area (Å²) in [5.74, 6) is -0.455. The molecule has 4 nitrogen and oxygen atoms in total. The molecule has 0 radical (unpaired) electrons. The molecule has 1 atom stereocenters. The fraction of sp³-hybridized carbons (Fsp3) is 0.300. The van der Waals surface area contributed by atoms with Gasteiger partial charge in [0.2, 0.25) is 11.8 Å². The number of amides is 2. The zero-order chi connectivity index (χ0) is 20.0. The van der Waals surface area contributed by atoms with Crippen molar-refractivity contribution in [3.63, 3.8) is 0 Å². The summed E-state index contributed by atoms with van der Waals surface area (Å²) in [6.45, 7) is 4.30. The second kappa shape index (κ2) is 9.98. The quantitative estimate of drug-likeness (QED) is 0.693. The Balaban J connectivity index is 2.28. The van der Waals surface area contributed by atoms with Gasteiger partial charge in [0.1, 0.15) is 6.04 Å². The summed E-state index contributed by atoms with van der Waals surface area (Å²) in [4.78, 5) is 26.9. The maximum absolute atomic E-state index is 13.0. The highest BCUT2D eigenvalue weighted by Crippen LogP contribution is 2.26. The second-order valence-electron chi connectivity index (χ2n) is 6.10. The molecule has 0 aliphatic carbocycles. The minimum atomic E-state index is -0.644. The van der Waals surface area contributed by atoms with Gasteiger partial charge in [-0.15, -0.1) is 0 Å². The number of likely N-dealkylation sites (N-methyl/N-ethyl adjacent to an activating group) is 1. The lowest BCUT2D eigenvalue weighted by molar-refractivity contribution is -0.140. The molecule has 2 aromatic carbocycles. The van der Waals surface area contributed by atoms with E-state index in [9.17, 15) is 9.59 Å². The van der Waals surface area contributed by atoms with Crippen LogP contribution in [-0.2, 0) is 22.6 Å². The van der Waals surface area contributed by atoms with E-state index >= 15 is 0 Å². The van der Waals surface area contributed by atoms with Crippen molar-refractivity contribution < 1.29 is 9.59 Å². The van der Waals surface area contributed by atoms with Gasteiger partial charge in [0.15, 0.2) is 0 Å². The van der Waals surface area contributed by atoms with Gasteiger partial charge < -0.3 is 10.2 Å². The molecule has 0 heterocycles. The van der Waals surface area contributed by atoms with E-state index in [-0.39, 0.29) is 24.8 Å². The van der Waals surface area contributed by atoms with E-state index in [0.717, 1.165) is 5.56 Å². The third-order valence-corrected chi connectivity index (χ3v) is 5.13. The Kier molecular flexibility index (Phi) is 7.96. The fourth-order valence-corrected chi connectivity index (χ4v) is 3.30. The Morgan fingerprint density at radius 3 is 2.19 bits per heavy atom. The van der Waals surface area contributed by atoms with E-state index in [1.165, 1.54) is 4.90 Å². The van der Waals surface area contributed by atoms with Crippen molar-refractivity contribution in [3.05, 3.63) is 68.7 Å². The summed E-state index contributed by atoms with van der Waals surface area (Å²) < 4.78 is 0. The summed E-state index contributed by atoms with van der Waals surface area (Å²) in [5, 5.41) is 4.21. The predicted molar refractivity (Wildman–Crippen MR) is 110 cm³/mol. The number of halogens is 3. The average Bonchev–Trinajstić information content (AvgIpc) is 2.64. The first-order valence-corrected chi connectivity index (χ1v) is 9.71. The largest absolute Gasteiger partial charge is 0.355 e. The van der Waals surface area contributed by atoms with Crippen LogP contribution in [0.4, 0.5) is 0 Å². The first-order chi connectivity index (χ1) is 12.8. The van der Waals surface area contributed by atoms with E-state index in [1.54, 1.807) is 37.3 Å². The molecule has 1 N–H and O–H groups in total. The van der Waals surface area contributed by atoms with Crippen molar-refractivity contribution >= 4 is 46.6 Å². The standard InChI is InChI=1S/C20H21Cl3N2O2/c1-3-24-20(27)13(2)25(12-14-7-9-15(21)10-8-14)19(26)11-16-17(22)5-4-6-18(16)23/h4-10,13H,3,11-12H2,1-2H3,(H,24,27)/t13-/m0/s1. The van der Waals surface area contributed by atoms with Crippen molar-refractivity contribution in [2.24, 2.45) is 0 Å². The summed E-state index contributed by atoms with van der Waals surface area (Å²) >= 11 is 18.3. The molecule has 144 valence electrons. The highest BCUT2D eigenvalue weighted by Gasteiger charge is 2.26. The van der Waals surface area contributed by atoms with Gasteiger partial charge in [0.25, 0.3) is 0 Å². The van der Waals surface area contributed by atoms with Crippen molar-refractivity contribution in [2.45, 2.75) is 32.9 Å². The summed E-state index contributed by atoms with van der Waals surface area (Å²) in [6.07, 6.45) is 0.00976. The molecular formula is C20H21Cl3N2O2. The Morgan fingerprint density at radius 1 is 1.04 bits per heavy atom. The molecule has 2 amide bonds. The van der Waals surface area contributed by atoms with Crippen LogP contribution >= 0.6 is 34.8 Å². The van der Waals surface area contributed by atoms with E-state index in [4.69, 9.17) is 34.8 Å². The van der Waals surface area contributed by atoms with Crippen LogP contribution in [0.25, 0.3) is 0 Å². The van der Waals surface area contributed by atoms with E-state index in [1.807, 2.05) is 19.1 Å². The lowest BCUT2D eigenvalue weighted by Crippen LogP contribution is -2.48. The molecule has 0 fully saturated rings. The first-order valence-electron chi connectivity index (χ1n) is 8.58. The number of nitrogens with one attached hydrogen (secondary N) is 1. The van der Waals surface area contributed by atoms with Crippen molar-refractivity contribution in [1.82, 2.24) is 10.2 Å². The highest BCUT2D eigenvalue weighted by molar-refractivity contribution is 6.36. The lowest BCUT2D eigenvalue weighted by Gasteiger charge is -2.29. The molecule has 0 unspecified atom stereocenters. The topological polar surface area (TPSA) is 49.4 Å². The van der Waals surface area contributed by atoms with Crippen LogP contribution in [0.3, 0.4) is 0 Å². The van der Waals surface area contributed by atoms with Crippen molar-refractivity contribution in [3.8, 4) is 0 Å². The smallest absolute Gasteiger partial charge is 0.242 e. The lowest BCUT2D eigenvalue weighted by atomic mass is 10.1. The van der Waals surface area contributed by atoms with Crippen LogP contribution in [0.1, 0.15) is 25.0 Å². The van der Waals surface area contributed by atoms with Gasteiger partial charge in [-0.05, 0) is 49.2 Å². The number of rotatable bonds is 7. The van der Waals surface area contributed by atoms with E-state index in [2.05, 4.69) is 5.32 Å². The van der Waals surface area contributed by atoms with Crippen LogP contribution in [-0.4, -0.2) is 29.3 Å². The number of carbonyl (C=O) groups excluding carboxylic acids is 2. The van der Waals surface area contributed by atoms with Crippen LogP contribution in [0, 0.1) is 0 Å². The van der Waals surface area contributed by atoms with Gasteiger partial charge in [0.05, 0.1) is 6.42 Å². The molecule has 2 aromatic rings. The van der Waals surface area contributed by atoms with E-state index in [0.29, 0.717) is 27.2 Å². The Labute approximate surface area is 174 Å². The number of nitrogens with zero attached hydrogens (tertiary/aromatic N) is 1. The summed E-state index contributed by atoms with van der Waals surface area (Å²) in [5.41, 5.74) is 1.42. The van der Waals surface area contributed by atoms with Crippen LogP contribution in [0.2, 0.25) is 15.1 Å². The molecule has 0 aromatic heterocycles. The third kappa shape index (κ3) is 5.86. The van der Waals surface area contributed by atoms with Gasteiger partial charge in [-0.3, -0.25) is 9.59 Å². The minimum Gasteiger partial charge on any atom is -0.355 e. The molecule has 0 bridgehead atoms. The van der Waals surface area contributed by atoms with Crippen LogP contribution in [0.5, 0.6) is 0 Å². The molecule has 0 aliphatic heterocycles. The fourth-order valence-electron chi connectivity index (χ4n) is 2.65. The normalized spacial score (nSPS) is 11.7. The summed E-state index contributed by atoms with van der Waals surface area (Å²) in [7, 11) is 0. The monoisotopic (exact) mass is 426 g/mol. The Bertz CT molecular complexity index is 789. The Morgan fingerprint density at radius 2 is 1.63 bits per heavy atom. The highest BCUT2D eigenvalue weighted by atomic mass is 35.5. The zero-order valence-corrected chi connectivity index (χ0v) is 17.4. The van der Waals surface area contributed by atoms with Crippen LogP contribution < -0.4 is 5.32 Å². The van der Waals surface area contributed by atoms with E-state index < -0.39 is 6.04 Å². The number of hydrogen-bond acceptors (Lipinski definition) is 2. The number of hydrogen-bond donors (Lipinski definition) is 1. The molecule has 0 spiro atoms. The first kappa shape index (κ1) is 21.5. The SMILES string of the molecule is CCNC(=O)[C@H](C)N(Cc1ccc(Cl)cc1)C(=O)Cc1c(Cl)cccc1Cl. The molecule has 7 heteroatoms. The molecule has 27 heavy (non-hydrogen) atoms. The molecule has 0 aliphatic rings. The number of benzene rings is 2. The molecule has 0 saturated heterocycles. The Hall–Kier alpha value is -1.75. The maximum atomic E-state index is 13.0. The zero-order valence-electron chi connectivity index (χ0n) is 15.1. The number of carbonyl (C=O) groups is 2. The maximum Gasteiger partial charge on any atom is 0.242 e. The summed E-state index contributed by atoms with van der Waals surface area (Å²) in [6, 6.07) is 11.6. The van der Waals surface area contributed by atoms with Gasteiger partial charge in [0, 0.05) is 28.2 Å². The minimum absolute atomic E-state index is 0.00976. The van der Waals surface area contributed by atoms with Crippen molar-refractivity contribution in [2.75, 3.05) is 6.54 Å². The second-order valence-corrected chi connectivity index (χ2v) is 7.35. The third-order valence-electron chi connectivity index (χ3n) is 4.17. The molecule has 0 saturated carbocycles. The van der Waals surface area contributed by atoms with Gasteiger partial charge >= 0.3 is 0 Å². The van der Waals surface area contributed by atoms with Crippen LogP contribution in [0.15, 0.2) is 42.5 Å². The average molecular weight is 428 g/mol. The van der Waals surface area contributed by atoms with Gasteiger partial charge in [-0.2, -0.15) is 0 Å². The van der Waals surface area contributed by atoms with Gasteiger partial charge in [-0.25, -0.2) is 0 Å². The van der Waals surface area contributed by atoms with Crippen molar-refractivity contribution in [1.29, 1.82) is 0 Å².